The summed E-state index contributed by atoms with van der Waals surface area (Å²) in [6.07, 6.45) is 1.56. The van der Waals surface area contributed by atoms with Crippen LogP contribution in [0.2, 0.25) is 0 Å². The number of carbonyl (C=O) groups is 1. The fourth-order valence-corrected chi connectivity index (χ4v) is 1.03. The third-order valence-corrected chi connectivity index (χ3v) is 2.73. The molecule has 72 valence electrons. The molecule has 1 heterocycles. The number of halogens is 1. The molecule has 0 saturated heterocycles. The Balaban J connectivity index is 2.35. The summed E-state index contributed by atoms with van der Waals surface area (Å²) in [5.74, 6) is 0.331. The molecule has 0 aliphatic rings. The molecule has 0 saturated carbocycles. The van der Waals surface area contributed by atoms with E-state index in [1.807, 2.05) is 0 Å². The van der Waals surface area contributed by atoms with Crippen LogP contribution in [0.1, 0.15) is 17.4 Å². The van der Waals surface area contributed by atoms with Crippen molar-refractivity contribution in [3.05, 3.63) is 18.0 Å². The average molecular weight is 246 g/mol. The van der Waals surface area contributed by atoms with Gasteiger partial charge < -0.3 is 5.32 Å². The first-order chi connectivity index (χ1) is 6.24. The Morgan fingerprint density at radius 1 is 1.85 bits per heavy atom. The molecule has 2 N–H and O–H groups in total. The number of H-pyrrole nitrogens is 1. The smallest absolute Gasteiger partial charge is 0.269 e. The summed E-state index contributed by atoms with van der Waals surface area (Å²) in [5.41, 5.74) is 0.502. The normalized spacial score (nSPS) is 12.5. The topological polar surface area (TPSA) is 57.8 Å². The highest BCUT2D eigenvalue weighted by Gasteiger charge is 2.07. The van der Waals surface area contributed by atoms with Crippen LogP contribution in [0.5, 0.6) is 0 Å². The van der Waals surface area contributed by atoms with Crippen LogP contribution >= 0.6 is 15.9 Å². The van der Waals surface area contributed by atoms with Crippen LogP contribution in [-0.4, -0.2) is 28.0 Å². The Morgan fingerprint density at radius 3 is 3.15 bits per heavy atom. The highest BCUT2D eigenvalue weighted by atomic mass is 79.9. The maximum Gasteiger partial charge on any atom is 0.269 e. The van der Waals surface area contributed by atoms with Crippen LogP contribution in [0.15, 0.2) is 12.3 Å². The van der Waals surface area contributed by atoms with Crippen LogP contribution in [-0.2, 0) is 0 Å². The van der Waals surface area contributed by atoms with Crippen molar-refractivity contribution in [2.45, 2.75) is 6.92 Å². The Bertz CT molecular complexity index is 260. The van der Waals surface area contributed by atoms with Crippen molar-refractivity contribution in [2.24, 2.45) is 5.92 Å². The number of hydrogen-bond donors (Lipinski definition) is 2. The molecule has 1 aromatic heterocycles. The molecule has 1 amide bonds. The number of nitrogens with zero attached hydrogens (tertiary/aromatic N) is 1. The molecule has 0 bridgehead atoms. The van der Waals surface area contributed by atoms with Crippen LogP contribution in [0.4, 0.5) is 0 Å². The number of aromatic amines is 1. The van der Waals surface area contributed by atoms with Gasteiger partial charge in [-0.2, -0.15) is 5.10 Å². The number of nitrogens with one attached hydrogen (secondary N) is 2. The van der Waals surface area contributed by atoms with Gasteiger partial charge >= 0.3 is 0 Å². The number of alkyl halides is 1. The van der Waals surface area contributed by atoms with Gasteiger partial charge in [0, 0.05) is 18.1 Å². The van der Waals surface area contributed by atoms with Crippen molar-refractivity contribution in [1.29, 1.82) is 0 Å². The van der Waals surface area contributed by atoms with Gasteiger partial charge in [-0.1, -0.05) is 22.9 Å². The Hall–Kier alpha value is -0.840. The SMILES string of the molecule is CC(CBr)CNC(=O)c1ccn[nH]1. The first-order valence-corrected chi connectivity index (χ1v) is 5.19. The molecular weight excluding hydrogens is 234 g/mol. The van der Waals surface area contributed by atoms with E-state index in [0.29, 0.717) is 18.2 Å². The largest absolute Gasteiger partial charge is 0.350 e. The highest BCUT2D eigenvalue weighted by molar-refractivity contribution is 9.09. The van der Waals surface area contributed by atoms with E-state index in [9.17, 15) is 4.79 Å². The zero-order valence-electron chi connectivity index (χ0n) is 7.38. The van der Waals surface area contributed by atoms with Crippen molar-refractivity contribution in [1.82, 2.24) is 15.5 Å². The number of carbonyl (C=O) groups excluding carboxylic acids is 1. The van der Waals surface area contributed by atoms with Gasteiger partial charge in [-0.25, -0.2) is 0 Å². The summed E-state index contributed by atoms with van der Waals surface area (Å²) in [6, 6.07) is 1.65. The lowest BCUT2D eigenvalue weighted by atomic mass is 10.2. The van der Waals surface area contributed by atoms with Crippen molar-refractivity contribution in [2.75, 3.05) is 11.9 Å². The fraction of sp³-hybridized carbons (Fsp3) is 0.500. The quantitative estimate of drug-likeness (QED) is 0.783. The van der Waals surface area contributed by atoms with Crippen LogP contribution in [0, 0.1) is 5.92 Å². The summed E-state index contributed by atoms with van der Waals surface area (Å²) in [6.45, 7) is 2.73. The van der Waals surface area contributed by atoms with Crippen molar-refractivity contribution in [3.63, 3.8) is 0 Å². The number of hydrogen-bond acceptors (Lipinski definition) is 2. The molecular formula is C8H12BrN3O. The fourth-order valence-electron chi connectivity index (χ4n) is 0.799. The van der Waals surface area contributed by atoms with E-state index in [1.54, 1.807) is 12.3 Å². The van der Waals surface area contributed by atoms with E-state index in [0.717, 1.165) is 5.33 Å². The Labute approximate surface area is 85.2 Å². The lowest BCUT2D eigenvalue weighted by Gasteiger charge is -2.07. The predicted molar refractivity (Wildman–Crippen MR) is 53.9 cm³/mol. The summed E-state index contributed by atoms with van der Waals surface area (Å²) >= 11 is 3.34. The molecule has 0 spiro atoms. The molecule has 1 rings (SSSR count). The van der Waals surface area contributed by atoms with Gasteiger partial charge in [0.25, 0.3) is 5.91 Å². The second kappa shape index (κ2) is 5.01. The minimum atomic E-state index is -0.106. The van der Waals surface area contributed by atoms with E-state index in [1.165, 1.54) is 0 Å². The van der Waals surface area contributed by atoms with Crippen molar-refractivity contribution >= 4 is 21.8 Å². The van der Waals surface area contributed by atoms with Crippen molar-refractivity contribution in [3.8, 4) is 0 Å². The lowest BCUT2D eigenvalue weighted by Crippen LogP contribution is -2.29. The molecule has 1 unspecified atom stereocenters. The van der Waals surface area contributed by atoms with Gasteiger partial charge in [0.15, 0.2) is 0 Å². The molecule has 13 heavy (non-hydrogen) atoms. The Morgan fingerprint density at radius 2 is 2.62 bits per heavy atom. The van der Waals surface area contributed by atoms with Gasteiger partial charge in [0.2, 0.25) is 0 Å². The predicted octanol–water partition coefficient (Wildman–Crippen LogP) is 1.17. The van der Waals surface area contributed by atoms with Gasteiger partial charge in [-0.3, -0.25) is 9.89 Å². The third kappa shape index (κ3) is 3.18. The van der Waals surface area contributed by atoms with Crippen molar-refractivity contribution < 1.29 is 4.79 Å². The maximum atomic E-state index is 11.3. The van der Waals surface area contributed by atoms with E-state index in [2.05, 4.69) is 38.4 Å². The third-order valence-electron chi connectivity index (χ3n) is 1.62. The zero-order chi connectivity index (χ0) is 9.68. The monoisotopic (exact) mass is 245 g/mol. The molecule has 0 aliphatic carbocycles. The van der Waals surface area contributed by atoms with E-state index >= 15 is 0 Å². The number of amides is 1. The minimum Gasteiger partial charge on any atom is -0.350 e. The molecule has 0 aliphatic heterocycles. The molecule has 0 aromatic carbocycles. The Kier molecular flexibility index (Phi) is 3.95. The number of aromatic nitrogens is 2. The van der Waals surface area contributed by atoms with Gasteiger partial charge in [0.05, 0.1) is 0 Å². The molecule has 1 aromatic rings. The summed E-state index contributed by atoms with van der Waals surface area (Å²) in [4.78, 5) is 11.3. The first-order valence-electron chi connectivity index (χ1n) is 4.07. The van der Waals surface area contributed by atoms with E-state index < -0.39 is 0 Å². The molecule has 0 fully saturated rings. The number of rotatable bonds is 4. The van der Waals surface area contributed by atoms with Gasteiger partial charge in [-0.05, 0) is 12.0 Å². The minimum absolute atomic E-state index is 0.106. The van der Waals surface area contributed by atoms with E-state index in [4.69, 9.17) is 0 Å². The second-order valence-electron chi connectivity index (χ2n) is 2.94. The maximum absolute atomic E-state index is 11.3. The molecule has 5 heteroatoms. The van der Waals surface area contributed by atoms with Gasteiger partial charge in [0.1, 0.15) is 5.69 Å². The van der Waals surface area contributed by atoms with Gasteiger partial charge in [-0.15, -0.1) is 0 Å². The summed E-state index contributed by atoms with van der Waals surface area (Å²) in [7, 11) is 0. The zero-order valence-corrected chi connectivity index (χ0v) is 8.97. The first kappa shape index (κ1) is 10.2. The van der Waals surface area contributed by atoms with Crippen LogP contribution in [0.25, 0.3) is 0 Å². The summed E-state index contributed by atoms with van der Waals surface area (Å²) in [5, 5.41) is 9.98. The second-order valence-corrected chi connectivity index (χ2v) is 3.59. The lowest BCUT2D eigenvalue weighted by molar-refractivity contribution is 0.0944. The average Bonchev–Trinajstić information content (AvgIpc) is 2.66. The standard InChI is InChI=1S/C8H12BrN3O/c1-6(4-9)5-10-8(13)7-2-3-11-12-7/h2-3,6H,4-5H2,1H3,(H,10,13)(H,11,12). The van der Waals surface area contributed by atoms with E-state index in [-0.39, 0.29) is 5.91 Å². The molecule has 1 atom stereocenters. The molecule has 0 radical (unpaired) electrons. The molecule has 4 nitrogen and oxygen atoms in total. The summed E-state index contributed by atoms with van der Waals surface area (Å²) < 4.78 is 0. The highest BCUT2D eigenvalue weighted by Crippen LogP contribution is 1.98. The van der Waals surface area contributed by atoms with Crippen LogP contribution < -0.4 is 5.32 Å². The van der Waals surface area contributed by atoms with Crippen LogP contribution in [0.3, 0.4) is 0 Å².